The summed E-state index contributed by atoms with van der Waals surface area (Å²) in [5.74, 6) is -0.402. The molecule has 7 nitrogen and oxygen atoms in total. The number of hydrogen-bond donors (Lipinski definition) is 2. The van der Waals surface area contributed by atoms with Gasteiger partial charge in [0.15, 0.2) is 0 Å². The summed E-state index contributed by atoms with van der Waals surface area (Å²) in [6.45, 7) is 5.20. The van der Waals surface area contributed by atoms with E-state index in [0.717, 1.165) is 20.8 Å². The molecule has 1 saturated heterocycles. The van der Waals surface area contributed by atoms with E-state index in [0.29, 0.717) is 49.8 Å². The van der Waals surface area contributed by atoms with E-state index in [9.17, 15) is 14.7 Å². The van der Waals surface area contributed by atoms with Gasteiger partial charge in [-0.25, -0.2) is 0 Å². The number of carbonyl (C=O) groups is 1. The lowest BCUT2D eigenvalue weighted by atomic mass is 10.0. The van der Waals surface area contributed by atoms with Crippen molar-refractivity contribution >= 4 is 39.1 Å². The number of halogens is 1. The third kappa shape index (κ3) is 5.70. The highest BCUT2D eigenvalue weighted by Gasteiger charge is 2.31. The van der Waals surface area contributed by atoms with Crippen LogP contribution in [0.2, 0.25) is 5.02 Å². The van der Waals surface area contributed by atoms with Gasteiger partial charge in [0, 0.05) is 42.3 Å². The van der Waals surface area contributed by atoms with Crippen LogP contribution in [0.15, 0.2) is 71.7 Å². The van der Waals surface area contributed by atoms with Crippen LogP contribution in [-0.2, 0) is 24.4 Å². The average Bonchev–Trinajstić information content (AvgIpc) is 3.37. The molecule has 2 N–H and O–H groups in total. The van der Waals surface area contributed by atoms with Crippen molar-refractivity contribution < 1.29 is 14.6 Å². The van der Waals surface area contributed by atoms with Gasteiger partial charge in [-0.2, -0.15) is 0 Å². The van der Waals surface area contributed by atoms with E-state index < -0.39 is 12.0 Å². The van der Waals surface area contributed by atoms with Crippen molar-refractivity contribution in [2.24, 2.45) is 0 Å². The normalized spacial score (nSPS) is 17.0. The summed E-state index contributed by atoms with van der Waals surface area (Å²) in [5, 5.41) is 15.1. The third-order valence-electron chi connectivity index (χ3n) is 6.90. The molecule has 38 heavy (non-hydrogen) atoms. The minimum absolute atomic E-state index is 0.126. The summed E-state index contributed by atoms with van der Waals surface area (Å²) in [7, 11) is 0. The summed E-state index contributed by atoms with van der Waals surface area (Å²) in [6.07, 6.45) is 0.969. The first kappa shape index (κ1) is 26.6. The van der Waals surface area contributed by atoms with Crippen LogP contribution < -0.4 is 10.7 Å². The molecule has 1 amide bonds. The van der Waals surface area contributed by atoms with Gasteiger partial charge >= 0.3 is 0 Å². The number of morpholine rings is 1. The van der Waals surface area contributed by atoms with Crippen LogP contribution in [0.3, 0.4) is 0 Å². The van der Waals surface area contributed by atoms with Crippen molar-refractivity contribution in [3.63, 3.8) is 0 Å². The topological polar surface area (TPSA) is 83.8 Å². The van der Waals surface area contributed by atoms with Gasteiger partial charge in [-0.1, -0.05) is 54.1 Å². The molecule has 2 aromatic carbocycles. The van der Waals surface area contributed by atoms with Gasteiger partial charge in [0.2, 0.25) is 5.43 Å². The van der Waals surface area contributed by atoms with E-state index in [1.165, 1.54) is 0 Å². The maximum atomic E-state index is 13.4. The Hall–Kier alpha value is -3.01. The molecule has 0 saturated carbocycles. The van der Waals surface area contributed by atoms with Crippen LogP contribution >= 0.6 is 22.9 Å². The number of aliphatic hydroxyl groups is 1. The van der Waals surface area contributed by atoms with Crippen LogP contribution in [0.4, 0.5) is 0 Å². The second-order valence-electron chi connectivity index (χ2n) is 9.37. The fourth-order valence-corrected chi connectivity index (χ4v) is 6.14. The van der Waals surface area contributed by atoms with E-state index in [1.807, 2.05) is 60.0 Å². The van der Waals surface area contributed by atoms with Gasteiger partial charge in [0.25, 0.3) is 5.91 Å². The number of fused-ring (bicyclic) bond motifs is 1. The minimum Gasteiger partial charge on any atom is -0.387 e. The van der Waals surface area contributed by atoms with Gasteiger partial charge < -0.3 is 19.7 Å². The molecular formula is C29H30ClN3O4S. The monoisotopic (exact) mass is 551 g/mol. The van der Waals surface area contributed by atoms with E-state index in [-0.39, 0.29) is 17.0 Å². The second-order valence-corrected chi connectivity index (χ2v) is 10.9. The molecule has 0 spiro atoms. The first-order chi connectivity index (χ1) is 18.4. The first-order valence-corrected chi connectivity index (χ1v) is 13.9. The molecule has 4 aromatic rings. The molecule has 0 aliphatic carbocycles. The van der Waals surface area contributed by atoms with E-state index in [1.54, 1.807) is 29.7 Å². The highest BCUT2D eigenvalue weighted by molar-refractivity contribution is 7.18. The SMILES string of the molecule is CCn1cc(C(=O)NCc2ccc(Cl)cc2)c(=O)c2cc(CN3CCOCC3[C@@H](O)c3ccccc3)sc21. The summed E-state index contributed by atoms with van der Waals surface area (Å²) in [6, 6.07) is 18.5. The Morgan fingerprint density at radius 1 is 1.21 bits per heavy atom. The summed E-state index contributed by atoms with van der Waals surface area (Å²) in [4.78, 5) is 30.5. The number of aliphatic hydroxyl groups excluding tert-OH is 1. The zero-order valence-corrected chi connectivity index (χ0v) is 22.7. The van der Waals surface area contributed by atoms with Crippen LogP contribution in [0.5, 0.6) is 0 Å². The largest absolute Gasteiger partial charge is 0.387 e. The van der Waals surface area contributed by atoms with Crippen LogP contribution in [-0.4, -0.2) is 46.3 Å². The van der Waals surface area contributed by atoms with E-state index in [2.05, 4.69) is 10.2 Å². The molecule has 1 fully saturated rings. The van der Waals surface area contributed by atoms with E-state index in [4.69, 9.17) is 16.3 Å². The summed E-state index contributed by atoms with van der Waals surface area (Å²) in [5.41, 5.74) is 1.60. The molecule has 9 heteroatoms. The van der Waals surface area contributed by atoms with Gasteiger partial charge in [-0.15, -0.1) is 11.3 Å². The number of rotatable bonds is 8. The Morgan fingerprint density at radius 3 is 2.71 bits per heavy atom. The zero-order chi connectivity index (χ0) is 26.6. The lowest BCUT2D eigenvalue weighted by molar-refractivity contribution is -0.0629. The number of nitrogens with one attached hydrogen (secondary N) is 1. The number of hydrogen-bond acceptors (Lipinski definition) is 6. The number of amides is 1. The third-order valence-corrected chi connectivity index (χ3v) is 8.30. The molecule has 1 aliphatic rings. The molecule has 0 bridgehead atoms. The predicted octanol–water partition coefficient (Wildman–Crippen LogP) is 4.60. The number of thiophene rings is 1. The zero-order valence-electron chi connectivity index (χ0n) is 21.1. The average molecular weight is 552 g/mol. The molecule has 1 aliphatic heterocycles. The number of ether oxygens (including phenoxy) is 1. The lowest BCUT2D eigenvalue weighted by Gasteiger charge is -2.38. The predicted molar refractivity (Wildman–Crippen MR) is 151 cm³/mol. The van der Waals surface area contributed by atoms with Crippen molar-refractivity contribution in [2.75, 3.05) is 19.8 Å². The van der Waals surface area contributed by atoms with Crippen molar-refractivity contribution in [2.45, 2.75) is 38.7 Å². The smallest absolute Gasteiger partial charge is 0.257 e. The van der Waals surface area contributed by atoms with Gasteiger partial charge in [-0.05, 0) is 36.2 Å². The Bertz CT molecular complexity index is 1470. The molecule has 2 atom stereocenters. The molecule has 1 unspecified atom stereocenters. The molecule has 2 aromatic heterocycles. The molecule has 198 valence electrons. The quantitative estimate of drug-likeness (QED) is 0.334. The Kier molecular flexibility index (Phi) is 8.26. The van der Waals surface area contributed by atoms with Crippen LogP contribution in [0.1, 0.15) is 39.4 Å². The molecule has 0 radical (unpaired) electrons. The van der Waals surface area contributed by atoms with Gasteiger partial charge in [0.05, 0.1) is 30.7 Å². The second kappa shape index (κ2) is 11.8. The first-order valence-electron chi connectivity index (χ1n) is 12.7. The summed E-state index contributed by atoms with van der Waals surface area (Å²) >= 11 is 7.50. The Labute approximate surface area is 230 Å². The molecule has 5 rings (SSSR count). The lowest BCUT2D eigenvalue weighted by Crippen LogP contribution is -2.48. The van der Waals surface area contributed by atoms with E-state index >= 15 is 0 Å². The van der Waals surface area contributed by atoms with Crippen molar-refractivity contribution in [3.05, 3.63) is 104 Å². The standard InChI is InChI=1S/C29H30ClN3O4S/c1-2-32-17-24(28(36)31-15-19-8-10-21(30)11-9-19)27(35)23-14-22(38-29(23)32)16-33-12-13-37-18-25(33)26(34)20-6-4-3-5-7-20/h3-11,14,17,25-26,34H,2,12-13,15-16,18H2,1H3,(H,31,36)/t25?,26-/m0/s1. The molecular weight excluding hydrogens is 522 g/mol. The van der Waals surface area contributed by atoms with Gasteiger partial charge in [-0.3, -0.25) is 14.5 Å². The number of carbonyl (C=O) groups excluding carboxylic acids is 1. The van der Waals surface area contributed by atoms with Crippen LogP contribution in [0, 0.1) is 0 Å². The van der Waals surface area contributed by atoms with Crippen molar-refractivity contribution in [1.82, 2.24) is 14.8 Å². The molecule has 3 heterocycles. The fourth-order valence-electron chi connectivity index (χ4n) is 4.80. The van der Waals surface area contributed by atoms with Gasteiger partial charge in [0.1, 0.15) is 10.4 Å². The number of nitrogens with zero attached hydrogens (tertiary/aromatic N) is 2. The number of aromatic nitrogens is 1. The van der Waals surface area contributed by atoms with Crippen molar-refractivity contribution in [1.29, 1.82) is 0 Å². The Balaban J connectivity index is 1.38. The maximum Gasteiger partial charge on any atom is 0.257 e. The number of pyridine rings is 1. The minimum atomic E-state index is -0.683. The Morgan fingerprint density at radius 2 is 1.97 bits per heavy atom. The fraction of sp³-hybridized carbons (Fsp3) is 0.310. The van der Waals surface area contributed by atoms with Crippen molar-refractivity contribution in [3.8, 4) is 0 Å². The number of aryl methyl sites for hydroxylation is 1. The van der Waals surface area contributed by atoms with Crippen LogP contribution in [0.25, 0.3) is 10.2 Å². The maximum absolute atomic E-state index is 13.4. The highest BCUT2D eigenvalue weighted by atomic mass is 35.5. The highest BCUT2D eigenvalue weighted by Crippen LogP contribution is 2.29. The number of benzene rings is 2. The summed E-state index contributed by atoms with van der Waals surface area (Å²) < 4.78 is 7.66.